The summed E-state index contributed by atoms with van der Waals surface area (Å²) < 4.78 is 10.2. The molecule has 0 radical (unpaired) electrons. The summed E-state index contributed by atoms with van der Waals surface area (Å²) in [5.74, 6) is 1.51. The zero-order chi connectivity index (χ0) is 16.8. The van der Waals surface area contributed by atoms with Gasteiger partial charge in [0.25, 0.3) is 5.91 Å². The Balaban J connectivity index is 1.55. The third-order valence-electron chi connectivity index (χ3n) is 3.40. The molecule has 1 amide bonds. The van der Waals surface area contributed by atoms with Gasteiger partial charge in [0.15, 0.2) is 5.76 Å². The van der Waals surface area contributed by atoms with Crippen molar-refractivity contribution in [3.05, 3.63) is 72.3 Å². The van der Waals surface area contributed by atoms with Gasteiger partial charge in [-0.2, -0.15) is 0 Å². The van der Waals surface area contributed by atoms with E-state index < -0.39 is 0 Å². The van der Waals surface area contributed by atoms with Crippen LogP contribution in [0.3, 0.4) is 0 Å². The molecule has 0 spiro atoms. The van der Waals surface area contributed by atoms with Crippen molar-refractivity contribution in [2.45, 2.75) is 6.54 Å². The van der Waals surface area contributed by atoms with Crippen molar-refractivity contribution in [2.24, 2.45) is 0 Å². The summed E-state index contributed by atoms with van der Waals surface area (Å²) in [5.41, 5.74) is 1.72. The minimum absolute atomic E-state index is 0.261. The van der Waals surface area contributed by atoms with E-state index in [-0.39, 0.29) is 11.7 Å². The van der Waals surface area contributed by atoms with Crippen molar-refractivity contribution in [1.29, 1.82) is 0 Å². The lowest BCUT2D eigenvalue weighted by molar-refractivity contribution is 0.0996. The molecule has 0 aliphatic carbocycles. The van der Waals surface area contributed by atoms with E-state index in [1.165, 1.54) is 6.26 Å². The normalized spacial score (nSPS) is 10.2. The van der Waals surface area contributed by atoms with Gasteiger partial charge in [-0.25, -0.2) is 4.98 Å². The van der Waals surface area contributed by atoms with Crippen LogP contribution < -0.4 is 15.4 Å². The van der Waals surface area contributed by atoms with E-state index in [2.05, 4.69) is 15.6 Å². The predicted octanol–water partition coefficient (Wildman–Crippen LogP) is 3.55. The summed E-state index contributed by atoms with van der Waals surface area (Å²) in [4.78, 5) is 16.1. The molecular formula is C18H17N3O3. The van der Waals surface area contributed by atoms with E-state index in [1.807, 2.05) is 24.3 Å². The Kier molecular flexibility index (Phi) is 4.76. The summed E-state index contributed by atoms with van der Waals surface area (Å²) in [6.07, 6.45) is 3.05. The van der Waals surface area contributed by atoms with Gasteiger partial charge in [0.05, 0.1) is 25.3 Å². The number of nitrogens with zero attached hydrogens (tertiary/aromatic N) is 1. The van der Waals surface area contributed by atoms with E-state index in [0.717, 1.165) is 17.1 Å². The van der Waals surface area contributed by atoms with Crippen LogP contribution in [0.4, 0.5) is 11.5 Å². The highest BCUT2D eigenvalue weighted by Crippen LogP contribution is 2.14. The fraction of sp³-hybridized carbons (Fsp3) is 0.111. The Morgan fingerprint density at radius 2 is 2.00 bits per heavy atom. The lowest BCUT2D eigenvalue weighted by Gasteiger charge is -2.08. The molecule has 0 saturated heterocycles. The predicted molar refractivity (Wildman–Crippen MR) is 91.2 cm³/mol. The Bertz CT molecular complexity index is 781. The van der Waals surface area contributed by atoms with Gasteiger partial charge in [0.2, 0.25) is 0 Å². The van der Waals surface area contributed by atoms with E-state index in [0.29, 0.717) is 12.2 Å². The van der Waals surface area contributed by atoms with Crippen molar-refractivity contribution in [1.82, 2.24) is 4.98 Å². The molecule has 6 heteroatoms. The van der Waals surface area contributed by atoms with E-state index >= 15 is 0 Å². The lowest BCUT2D eigenvalue weighted by Crippen LogP contribution is -2.11. The first-order valence-corrected chi connectivity index (χ1v) is 7.42. The van der Waals surface area contributed by atoms with Gasteiger partial charge >= 0.3 is 0 Å². The average Bonchev–Trinajstić information content (AvgIpc) is 3.16. The second-order valence-electron chi connectivity index (χ2n) is 5.07. The number of methoxy groups -OCH3 is 1. The number of hydrogen-bond donors (Lipinski definition) is 2. The number of carbonyl (C=O) groups is 1. The fourth-order valence-electron chi connectivity index (χ4n) is 2.11. The van der Waals surface area contributed by atoms with Crippen LogP contribution in [0.15, 0.2) is 65.4 Å². The van der Waals surface area contributed by atoms with E-state index in [9.17, 15) is 4.79 Å². The first-order chi connectivity index (χ1) is 11.7. The van der Waals surface area contributed by atoms with Crippen molar-refractivity contribution < 1.29 is 13.9 Å². The number of furan rings is 1. The molecule has 122 valence electrons. The quantitative estimate of drug-likeness (QED) is 0.725. The van der Waals surface area contributed by atoms with Gasteiger partial charge < -0.3 is 19.8 Å². The molecule has 0 aliphatic heterocycles. The molecule has 0 fully saturated rings. The molecule has 3 aromatic rings. The van der Waals surface area contributed by atoms with Crippen LogP contribution >= 0.6 is 0 Å². The highest BCUT2D eigenvalue weighted by molar-refractivity contribution is 6.02. The molecule has 0 unspecified atom stereocenters. The molecule has 24 heavy (non-hydrogen) atoms. The van der Waals surface area contributed by atoms with Crippen LogP contribution in [-0.2, 0) is 6.54 Å². The van der Waals surface area contributed by atoms with Crippen LogP contribution in [0.2, 0.25) is 0 Å². The van der Waals surface area contributed by atoms with Crippen LogP contribution in [-0.4, -0.2) is 18.0 Å². The number of anilines is 2. The molecule has 0 bridgehead atoms. The standard InChI is InChI=1S/C18H17N3O3/c1-23-15-7-4-13(5-8-15)11-19-17-9-6-14(12-20-17)21-18(22)16-3-2-10-24-16/h2-10,12H,11H2,1H3,(H,19,20)(H,21,22). The van der Waals surface area contributed by atoms with Crippen LogP contribution in [0, 0.1) is 0 Å². The van der Waals surface area contributed by atoms with Crippen LogP contribution in [0.1, 0.15) is 16.1 Å². The maximum absolute atomic E-state index is 11.9. The highest BCUT2D eigenvalue weighted by Gasteiger charge is 2.08. The number of ether oxygens (including phenoxy) is 1. The van der Waals surface area contributed by atoms with Gasteiger partial charge in [-0.3, -0.25) is 4.79 Å². The zero-order valence-electron chi connectivity index (χ0n) is 13.2. The maximum atomic E-state index is 11.9. The minimum atomic E-state index is -0.305. The highest BCUT2D eigenvalue weighted by atomic mass is 16.5. The van der Waals surface area contributed by atoms with Crippen molar-refractivity contribution in [3.8, 4) is 5.75 Å². The number of hydrogen-bond acceptors (Lipinski definition) is 5. The number of benzene rings is 1. The van der Waals surface area contributed by atoms with Crippen molar-refractivity contribution >= 4 is 17.4 Å². The largest absolute Gasteiger partial charge is 0.497 e. The summed E-state index contributed by atoms with van der Waals surface area (Å²) in [6.45, 7) is 0.648. The SMILES string of the molecule is COc1ccc(CNc2ccc(NC(=O)c3ccco3)cn2)cc1. The third kappa shape index (κ3) is 3.92. The smallest absolute Gasteiger partial charge is 0.291 e. The first-order valence-electron chi connectivity index (χ1n) is 7.42. The second kappa shape index (κ2) is 7.32. The summed E-state index contributed by atoms with van der Waals surface area (Å²) in [5, 5.41) is 5.94. The number of aromatic nitrogens is 1. The van der Waals surface area contributed by atoms with Gasteiger partial charge in [-0.1, -0.05) is 12.1 Å². The number of amides is 1. The third-order valence-corrected chi connectivity index (χ3v) is 3.40. The Morgan fingerprint density at radius 1 is 1.17 bits per heavy atom. The summed E-state index contributed by atoms with van der Waals surface area (Å²) >= 11 is 0. The molecule has 0 aliphatic rings. The monoisotopic (exact) mass is 323 g/mol. The Hall–Kier alpha value is -3.28. The van der Waals surface area contributed by atoms with Gasteiger partial charge in [-0.05, 0) is 42.0 Å². The van der Waals surface area contributed by atoms with E-state index in [1.54, 1.807) is 37.6 Å². The molecule has 2 N–H and O–H groups in total. The maximum Gasteiger partial charge on any atom is 0.291 e. The molecule has 6 nitrogen and oxygen atoms in total. The molecule has 0 saturated carbocycles. The zero-order valence-corrected chi connectivity index (χ0v) is 13.2. The topological polar surface area (TPSA) is 76.4 Å². The van der Waals surface area contributed by atoms with Gasteiger partial charge in [0, 0.05) is 6.54 Å². The summed E-state index contributed by atoms with van der Waals surface area (Å²) in [6, 6.07) is 14.7. The lowest BCUT2D eigenvalue weighted by atomic mass is 10.2. The molecule has 1 aromatic carbocycles. The number of rotatable bonds is 6. The molecule has 2 aromatic heterocycles. The second-order valence-corrected chi connectivity index (χ2v) is 5.07. The molecule has 3 rings (SSSR count). The molecule has 0 atom stereocenters. The van der Waals surface area contributed by atoms with Crippen molar-refractivity contribution in [2.75, 3.05) is 17.7 Å². The molecular weight excluding hydrogens is 306 g/mol. The van der Waals surface area contributed by atoms with Gasteiger partial charge in [-0.15, -0.1) is 0 Å². The number of pyridine rings is 1. The first kappa shape index (κ1) is 15.6. The Labute approximate surface area is 139 Å². The minimum Gasteiger partial charge on any atom is -0.497 e. The Morgan fingerprint density at radius 3 is 2.62 bits per heavy atom. The summed E-state index contributed by atoms with van der Waals surface area (Å²) in [7, 11) is 1.64. The van der Waals surface area contributed by atoms with Gasteiger partial charge in [0.1, 0.15) is 11.6 Å². The fourth-order valence-corrected chi connectivity index (χ4v) is 2.11. The van der Waals surface area contributed by atoms with E-state index in [4.69, 9.17) is 9.15 Å². The molecule has 2 heterocycles. The average molecular weight is 323 g/mol. The van der Waals surface area contributed by atoms with Crippen molar-refractivity contribution in [3.63, 3.8) is 0 Å². The van der Waals surface area contributed by atoms with Crippen LogP contribution in [0.5, 0.6) is 5.75 Å². The number of carbonyl (C=O) groups excluding carboxylic acids is 1. The van der Waals surface area contributed by atoms with Crippen LogP contribution in [0.25, 0.3) is 0 Å². The number of nitrogens with one attached hydrogen (secondary N) is 2.